The van der Waals surface area contributed by atoms with Gasteiger partial charge in [0.05, 0.1) is 5.69 Å². The van der Waals surface area contributed by atoms with Crippen molar-refractivity contribution in [1.82, 2.24) is 4.98 Å². The molecule has 0 aliphatic carbocycles. The number of unbranched alkanes of at least 4 members (excludes halogenated alkanes) is 3. The SMILES string of the molecule is CC(C)CCCCCCNc1nc2c(N)cccc2o1. The van der Waals surface area contributed by atoms with E-state index < -0.39 is 0 Å². The van der Waals surface area contributed by atoms with Crippen LogP contribution in [-0.4, -0.2) is 11.5 Å². The van der Waals surface area contributed by atoms with Crippen molar-refractivity contribution in [3.05, 3.63) is 18.2 Å². The number of benzene rings is 1. The largest absolute Gasteiger partial charge is 0.423 e. The Morgan fingerprint density at radius 2 is 2.00 bits per heavy atom. The van der Waals surface area contributed by atoms with Crippen LogP contribution in [0.2, 0.25) is 0 Å². The summed E-state index contributed by atoms with van der Waals surface area (Å²) in [6.07, 6.45) is 6.36. The lowest BCUT2D eigenvalue weighted by Crippen LogP contribution is -2.01. The molecule has 0 spiro atoms. The van der Waals surface area contributed by atoms with Crippen LogP contribution in [-0.2, 0) is 0 Å². The smallest absolute Gasteiger partial charge is 0.295 e. The molecule has 1 aromatic carbocycles. The average Bonchev–Trinajstić information content (AvgIpc) is 2.82. The molecule has 3 N–H and O–H groups in total. The first-order chi connectivity index (χ1) is 9.66. The van der Waals surface area contributed by atoms with E-state index in [0.717, 1.165) is 30.0 Å². The maximum Gasteiger partial charge on any atom is 0.295 e. The van der Waals surface area contributed by atoms with Gasteiger partial charge in [0.2, 0.25) is 0 Å². The van der Waals surface area contributed by atoms with E-state index in [1.807, 2.05) is 18.2 Å². The Bertz CT molecular complexity index is 534. The lowest BCUT2D eigenvalue weighted by Gasteiger charge is -2.04. The van der Waals surface area contributed by atoms with E-state index in [2.05, 4.69) is 24.1 Å². The van der Waals surface area contributed by atoms with E-state index in [4.69, 9.17) is 10.2 Å². The predicted molar refractivity (Wildman–Crippen MR) is 84.8 cm³/mol. The predicted octanol–water partition coefficient (Wildman–Crippen LogP) is 4.43. The molecule has 0 radical (unpaired) electrons. The molecule has 0 saturated carbocycles. The molecular formula is C16H25N3O. The monoisotopic (exact) mass is 275 g/mol. The van der Waals surface area contributed by atoms with Crippen molar-refractivity contribution in [3.8, 4) is 0 Å². The number of anilines is 2. The first kappa shape index (κ1) is 14.7. The molecule has 0 aliphatic heterocycles. The van der Waals surface area contributed by atoms with Crippen LogP contribution < -0.4 is 11.1 Å². The van der Waals surface area contributed by atoms with E-state index in [9.17, 15) is 0 Å². The Morgan fingerprint density at radius 1 is 1.20 bits per heavy atom. The summed E-state index contributed by atoms with van der Waals surface area (Å²) in [6, 6.07) is 6.17. The summed E-state index contributed by atoms with van der Waals surface area (Å²) in [5.41, 5.74) is 8.00. The van der Waals surface area contributed by atoms with E-state index in [1.165, 1.54) is 25.7 Å². The topological polar surface area (TPSA) is 64.1 Å². The second-order valence-corrected chi connectivity index (χ2v) is 5.74. The van der Waals surface area contributed by atoms with Gasteiger partial charge >= 0.3 is 0 Å². The fourth-order valence-corrected chi connectivity index (χ4v) is 2.27. The van der Waals surface area contributed by atoms with Gasteiger partial charge in [-0.05, 0) is 24.5 Å². The van der Waals surface area contributed by atoms with Gasteiger partial charge in [-0.1, -0.05) is 45.6 Å². The third-order valence-electron chi connectivity index (χ3n) is 3.43. The van der Waals surface area contributed by atoms with Crippen LogP contribution in [0.1, 0.15) is 46.0 Å². The molecule has 110 valence electrons. The minimum atomic E-state index is 0.570. The highest BCUT2D eigenvalue weighted by molar-refractivity contribution is 5.86. The van der Waals surface area contributed by atoms with Crippen LogP contribution in [0.5, 0.6) is 0 Å². The van der Waals surface area contributed by atoms with Crippen LogP contribution in [0.25, 0.3) is 11.1 Å². The van der Waals surface area contributed by atoms with Crippen LogP contribution in [0, 0.1) is 5.92 Å². The molecule has 2 aromatic rings. The van der Waals surface area contributed by atoms with Gasteiger partial charge in [-0.15, -0.1) is 0 Å². The third kappa shape index (κ3) is 4.15. The summed E-state index contributed by atoms with van der Waals surface area (Å²) in [6.45, 7) is 5.45. The van der Waals surface area contributed by atoms with Gasteiger partial charge in [-0.25, -0.2) is 0 Å². The highest BCUT2D eigenvalue weighted by Gasteiger charge is 2.06. The molecule has 20 heavy (non-hydrogen) atoms. The number of nitrogens with one attached hydrogen (secondary N) is 1. The minimum absolute atomic E-state index is 0.570. The molecule has 1 heterocycles. The zero-order chi connectivity index (χ0) is 14.4. The number of nitrogen functional groups attached to an aromatic ring is 1. The number of nitrogens with zero attached hydrogens (tertiary/aromatic N) is 1. The summed E-state index contributed by atoms with van der Waals surface area (Å²) in [5.74, 6) is 0.818. The van der Waals surface area contributed by atoms with Gasteiger partial charge < -0.3 is 15.5 Å². The minimum Gasteiger partial charge on any atom is -0.423 e. The Kier molecular flexibility index (Phi) is 5.27. The van der Waals surface area contributed by atoms with Gasteiger partial charge in [0, 0.05) is 6.54 Å². The Hall–Kier alpha value is -1.71. The Balaban J connectivity index is 1.69. The second-order valence-electron chi connectivity index (χ2n) is 5.74. The van der Waals surface area contributed by atoms with Gasteiger partial charge in [0.1, 0.15) is 5.52 Å². The van der Waals surface area contributed by atoms with E-state index in [-0.39, 0.29) is 0 Å². The zero-order valence-corrected chi connectivity index (χ0v) is 12.5. The molecular weight excluding hydrogens is 250 g/mol. The fourth-order valence-electron chi connectivity index (χ4n) is 2.27. The zero-order valence-electron chi connectivity index (χ0n) is 12.5. The number of oxazole rings is 1. The van der Waals surface area contributed by atoms with Crippen molar-refractivity contribution in [2.45, 2.75) is 46.0 Å². The van der Waals surface area contributed by atoms with Crippen molar-refractivity contribution < 1.29 is 4.42 Å². The summed E-state index contributed by atoms with van der Waals surface area (Å²) in [5, 5.41) is 3.23. The highest BCUT2D eigenvalue weighted by Crippen LogP contribution is 2.23. The molecule has 0 saturated heterocycles. The summed E-state index contributed by atoms with van der Waals surface area (Å²) in [7, 11) is 0. The Labute approximate surface area is 120 Å². The van der Waals surface area contributed by atoms with Gasteiger partial charge in [-0.2, -0.15) is 4.98 Å². The summed E-state index contributed by atoms with van der Waals surface area (Å²) >= 11 is 0. The normalized spacial score (nSPS) is 11.3. The molecule has 1 aromatic heterocycles. The molecule has 0 atom stereocenters. The lowest BCUT2D eigenvalue weighted by atomic mass is 10.0. The molecule has 0 fully saturated rings. The molecule has 2 rings (SSSR count). The number of hydrogen-bond donors (Lipinski definition) is 2. The van der Waals surface area contributed by atoms with Crippen molar-refractivity contribution in [3.63, 3.8) is 0 Å². The molecule has 0 aliphatic rings. The van der Waals surface area contributed by atoms with Crippen LogP contribution in [0.15, 0.2) is 22.6 Å². The molecule has 0 unspecified atom stereocenters. The van der Waals surface area contributed by atoms with E-state index >= 15 is 0 Å². The quantitative estimate of drug-likeness (QED) is 0.552. The molecule has 0 amide bonds. The van der Waals surface area contributed by atoms with Crippen molar-refractivity contribution in [2.24, 2.45) is 5.92 Å². The van der Waals surface area contributed by atoms with Crippen LogP contribution in [0.3, 0.4) is 0 Å². The fraction of sp³-hybridized carbons (Fsp3) is 0.562. The number of nitrogens with two attached hydrogens (primary N) is 1. The van der Waals surface area contributed by atoms with Gasteiger partial charge in [-0.3, -0.25) is 0 Å². The summed E-state index contributed by atoms with van der Waals surface area (Å²) < 4.78 is 5.61. The average molecular weight is 275 g/mol. The number of hydrogen-bond acceptors (Lipinski definition) is 4. The van der Waals surface area contributed by atoms with Crippen LogP contribution >= 0.6 is 0 Å². The van der Waals surface area contributed by atoms with Gasteiger partial charge in [0.15, 0.2) is 5.58 Å². The first-order valence-electron chi connectivity index (χ1n) is 7.55. The second kappa shape index (κ2) is 7.17. The number of rotatable bonds is 8. The maximum atomic E-state index is 5.85. The third-order valence-corrected chi connectivity index (χ3v) is 3.43. The Morgan fingerprint density at radius 3 is 2.75 bits per heavy atom. The molecule has 4 nitrogen and oxygen atoms in total. The number of para-hydroxylation sites is 1. The van der Waals surface area contributed by atoms with Crippen molar-refractivity contribution in [2.75, 3.05) is 17.6 Å². The van der Waals surface area contributed by atoms with E-state index in [1.54, 1.807) is 0 Å². The standard InChI is InChI=1S/C16H25N3O/c1-12(2)8-5-3-4-6-11-18-16-19-15-13(17)9-7-10-14(15)20-16/h7,9-10,12H,3-6,8,11,17H2,1-2H3,(H,18,19). The lowest BCUT2D eigenvalue weighted by molar-refractivity contribution is 0.521. The summed E-state index contributed by atoms with van der Waals surface area (Å²) in [4.78, 5) is 4.37. The van der Waals surface area contributed by atoms with Crippen molar-refractivity contribution in [1.29, 1.82) is 0 Å². The van der Waals surface area contributed by atoms with Crippen molar-refractivity contribution >= 4 is 22.8 Å². The molecule has 0 bridgehead atoms. The number of aromatic nitrogens is 1. The number of fused-ring (bicyclic) bond motifs is 1. The van der Waals surface area contributed by atoms with Gasteiger partial charge in [0.25, 0.3) is 6.01 Å². The van der Waals surface area contributed by atoms with E-state index in [0.29, 0.717) is 11.7 Å². The highest BCUT2D eigenvalue weighted by atomic mass is 16.4. The maximum absolute atomic E-state index is 5.85. The first-order valence-corrected chi connectivity index (χ1v) is 7.55. The molecule has 4 heteroatoms. The van der Waals surface area contributed by atoms with Crippen LogP contribution in [0.4, 0.5) is 11.7 Å².